The van der Waals surface area contributed by atoms with Crippen LogP contribution in [-0.4, -0.2) is 29.9 Å². The van der Waals surface area contributed by atoms with Gasteiger partial charge in [-0.2, -0.15) is 0 Å². The van der Waals surface area contributed by atoms with E-state index in [2.05, 4.69) is 20.6 Å². The molecule has 0 bridgehead atoms. The number of nitrogens with one attached hydrogen (secondary N) is 2. The summed E-state index contributed by atoms with van der Waals surface area (Å²) >= 11 is 0. The fourth-order valence-corrected chi connectivity index (χ4v) is 1.89. The molecule has 1 heterocycles. The van der Waals surface area contributed by atoms with Crippen molar-refractivity contribution in [3.05, 3.63) is 59.7 Å². The van der Waals surface area contributed by atoms with Gasteiger partial charge in [-0.05, 0) is 24.3 Å². The summed E-state index contributed by atoms with van der Waals surface area (Å²) < 4.78 is 39.3. The zero-order chi connectivity index (χ0) is 18.2. The molecule has 0 aliphatic carbocycles. The summed E-state index contributed by atoms with van der Waals surface area (Å²) in [6.07, 6.45) is 2.29. The van der Waals surface area contributed by atoms with E-state index in [0.717, 1.165) is 11.8 Å². The van der Waals surface area contributed by atoms with Crippen molar-refractivity contribution >= 4 is 41.5 Å². The first-order valence-electron chi connectivity index (χ1n) is 7.34. The Morgan fingerprint density at radius 1 is 1.15 bits per heavy atom. The summed E-state index contributed by atoms with van der Waals surface area (Å²) in [6, 6.07) is 7.16. The minimum atomic E-state index is -1.66. The monoisotopic (exact) mass is 479 g/mol. The summed E-state index contributed by atoms with van der Waals surface area (Å²) in [5.74, 6) is -5.16. The lowest BCUT2D eigenvalue weighted by Gasteiger charge is -2.07. The van der Waals surface area contributed by atoms with Gasteiger partial charge in [-0.1, -0.05) is 6.07 Å². The number of guanidine groups is 1. The number of rotatable bonds is 6. The van der Waals surface area contributed by atoms with E-state index in [0.29, 0.717) is 19.0 Å². The molecule has 0 saturated heterocycles. The maximum Gasteiger partial charge on any atom is 0.246 e. The highest BCUT2D eigenvalue weighted by molar-refractivity contribution is 14.0. The number of hydrogen-bond acceptors (Lipinski definition) is 3. The molecule has 6 nitrogen and oxygen atoms in total. The second-order valence-electron chi connectivity index (χ2n) is 4.97. The van der Waals surface area contributed by atoms with Crippen LogP contribution in [-0.2, 0) is 11.2 Å². The number of nitrogens with two attached hydrogens (primary N) is 1. The van der Waals surface area contributed by atoms with Gasteiger partial charge in [0.2, 0.25) is 5.91 Å². The Hall–Kier alpha value is -2.37. The maximum absolute atomic E-state index is 13.4. The van der Waals surface area contributed by atoms with Crippen molar-refractivity contribution in [3.63, 3.8) is 0 Å². The molecule has 0 atom stereocenters. The molecule has 0 spiro atoms. The fourth-order valence-electron chi connectivity index (χ4n) is 1.89. The normalized spacial score (nSPS) is 10.8. The van der Waals surface area contributed by atoms with Crippen molar-refractivity contribution < 1.29 is 18.0 Å². The molecule has 2 rings (SSSR count). The van der Waals surface area contributed by atoms with Gasteiger partial charge in [-0.15, -0.1) is 24.0 Å². The summed E-state index contributed by atoms with van der Waals surface area (Å²) in [5, 5.41) is 4.90. The Kier molecular flexibility index (Phi) is 8.82. The van der Waals surface area contributed by atoms with E-state index in [1.807, 2.05) is 12.1 Å². The Morgan fingerprint density at radius 3 is 2.62 bits per heavy atom. The SMILES string of the molecule is I.NC(=NCC(=O)Nc1ccc(F)c(F)c1F)NCCc1ccccn1. The van der Waals surface area contributed by atoms with Gasteiger partial charge in [0.15, 0.2) is 23.4 Å². The van der Waals surface area contributed by atoms with Crippen LogP contribution in [0.4, 0.5) is 18.9 Å². The highest BCUT2D eigenvalue weighted by Crippen LogP contribution is 2.19. The molecular formula is C16H17F3IN5O. The molecule has 26 heavy (non-hydrogen) atoms. The lowest BCUT2D eigenvalue weighted by molar-refractivity contribution is -0.114. The third-order valence-electron chi connectivity index (χ3n) is 3.12. The zero-order valence-electron chi connectivity index (χ0n) is 13.5. The molecule has 1 aromatic heterocycles. The Labute approximate surface area is 165 Å². The standard InChI is InChI=1S/C16H16F3N5O.HI/c17-11-4-5-12(15(19)14(11)18)24-13(25)9-23-16(20)22-8-6-10-3-1-2-7-21-10;/h1-5,7H,6,8-9H2,(H,24,25)(H3,20,22,23);1H. The summed E-state index contributed by atoms with van der Waals surface area (Å²) in [6.45, 7) is 0.0621. The molecule has 10 heteroatoms. The maximum atomic E-state index is 13.4. The minimum Gasteiger partial charge on any atom is -0.370 e. The van der Waals surface area contributed by atoms with Crippen LogP contribution in [0.3, 0.4) is 0 Å². The van der Waals surface area contributed by atoms with Crippen LogP contribution in [0.2, 0.25) is 0 Å². The van der Waals surface area contributed by atoms with Gasteiger partial charge in [0, 0.05) is 24.9 Å². The molecule has 2 aromatic rings. The van der Waals surface area contributed by atoms with Crippen molar-refractivity contribution in [1.29, 1.82) is 0 Å². The number of aromatic nitrogens is 1. The first kappa shape index (κ1) is 21.7. The van der Waals surface area contributed by atoms with Crippen molar-refractivity contribution in [2.45, 2.75) is 6.42 Å². The second kappa shape index (κ2) is 10.6. The zero-order valence-corrected chi connectivity index (χ0v) is 15.8. The van der Waals surface area contributed by atoms with E-state index < -0.39 is 35.6 Å². The highest BCUT2D eigenvalue weighted by atomic mass is 127. The van der Waals surface area contributed by atoms with Gasteiger partial charge in [0.25, 0.3) is 0 Å². The third-order valence-corrected chi connectivity index (χ3v) is 3.12. The number of pyridine rings is 1. The molecule has 0 aliphatic heterocycles. The van der Waals surface area contributed by atoms with Crippen molar-refractivity contribution in [1.82, 2.24) is 10.3 Å². The van der Waals surface area contributed by atoms with Crippen LogP contribution in [0.1, 0.15) is 5.69 Å². The fraction of sp³-hybridized carbons (Fsp3) is 0.188. The third kappa shape index (κ3) is 6.50. The van der Waals surface area contributed by atoms with Gasteiger partial charge in [-0.25, -0.2) is 18.2 Å². The van der Waals surface area contributed by atoms with E-state index in [1.165, 1.54) is 0 Å². The largest absolute Gasteiger partial charge is 0.370 e. The Bertz CT molecular complexity index is 774. The first-order chi connectivity index (χ1) is 12.0. The van der Waals surface area contributed by atoms with Gasteiger partial charge >= 0.3 is 0 Å². The average Bonchev–Trinajstić information content (AvgIpc) is 2.61. The lowest BCUT2D eigenvalue weighted by Crippen LogP contribution is -2.34. The van der Waals surface area contributed by atoms with Crippen LogP contribution in [0.5, 0.6) is 0 Å². The van der Waals surface area contributed by atoms with Gasteiger partial charge in [0.1, 0.15) is 6.54 Å². The minimum absolute atomic E-state index is 0. The van der Waals surface area contributed by atoms with Crippen LogP contribution in [0.25, 0.3) is 0 Å². The molecule has 1 aromatic carbocycles. The number of anilines is 1. The Morgan fingerprint density at radius 2 is 1.92 bits per heavy atom. The predicted molar refractivity (Wildman–Crippen MR) is 103 cm³/mol. The van der Waals surface area contributed by atoms with Crippen LogP contribution in [0.15, 0.2) is 41.5 Å². The first-order valence-corrected chi connectivity index (χ1v) is 7.34. The number of carbonyl (C=O) groups is 1. The highest BCUT2D eigenvalue weighted by Gasteiger charge is 2.14. The number of hydrogen-bond donors (Lipinski definition) is 3. The molecular weight excluding hydrogens is 462 g/mol. The van der Waals surface area contributed by atoms with Gasteiger partial charge in [-0.3, -0.25) is 9.78 Å². The number of amides is 1. The quantitative estimate of drug-likeness (QED) is 0.257. The van der Waals surface area contributed by atoms with Gasteiger partial charge < -0.3 is 16.4 Å². The summed E-state index contributed by atoms with van der Waals surface area (Å²) in [4.78, 5) is 19.6. The summed E-state index contributed by atoms with van der Waals surface area (Å²) in [5.41, 5.74) is 6.01. The van der Waals surface area contributed by atoms with Crippen LogP contribution >= 0.6 is 24.0 Å². The van der Waals surface area contributed by atoms with E-state index >= 15 is 0 Å². The molecule has 1 amide bonds. The van der Waals surface area contributed by atoms with Gasteiger partial charge in [0.05, 0.1) is 5.69 Å². The number of nitrogens with zero attached hydrogens (tertiary/aromatic N) is 2. The number of benzene rings is 1. The topological polar surface area (TPSA) is 92.4 Å². The molecule has 140 valence electrons. The number of carbonyl (C=O) groups excluding carboxylic acids is 1. The molecule has 0 unspecified atom stereocenters. The van der Waals surface area contributed by atoms with E-state index in [9.17, 15) is 18.0 Å². The van der Waals surface area contributed by atoms with Crippen molar-refractivity contribution in [2.75, 3.05) is 18.4 Å². The van der Waals surface area contributed by atoms with E-state index in [4.69, 9.17) is 5.73 Å². The predicted octanol–water partition coefficient (Wildman–Crippen LogP) is 2.20. The molecule has 4 N–H and O–H groups in total. The molecule has 0 fully saturated rings. The van der Waals surface area contributed by atoms with Crippen molar-refractivity contribution in [3.8, 4) is 0 Å². The van der Waals surface area contributed by atoms with E-state index in [-0.39, 0.29) is 29.9 Å². The second-order valence-corrected chi connectivity index (χ2v) is 4.97. The van der Waals surface area contributed by atoms with E-state index in [1.54, 1.807) is 12.3 Å². The van der Waals surface area contributed by atoms with Crippen molar-refractivity contribution in [2.24, 2.45) is 10.7 Å². The molecule has 0 saturated carbocycles. The lowest BCUT2D eigenvalue weighted by atomic mass is 10.2. The summed E-state index contributed by atoms with van der Waals surface area (Å²) in [7, 11) is 0. The average molecular weight is 479 g/mol. The number of aliphatic imine (C=N–C) groups is 1. The molecule has 0 aliphatic rings. The smallest absolute Gasteiger partial charge is 0.246 e. The number of halogens is 4. The molecule has 0 radical (unpaired) electrons. The van der Waals surface area contributed by atoms with Crippen LogP contribution in [0, 0.1) is 17.5 Å². The Balaban J connectivity index is 0.00000338. The van der Waals surface area contributed by atoms with Crippen LogP contribution < -0.4 is 16.4 Å².